The van der Waals surface area contributed by atoms with Crippen LogP contribution in [0.25, 0.3) is 22.0 Å². The quantitative estimate of drug-likeness (QED) is 0.600. The number of nitrogens with one attached hydrogen (secondary N) is 3. The van der Waals surface area contributed by atoms with Crippen LogP contribution in [0.4, 0.5) is 0 Å². The Labute approximate surface area is 180 Å². The summed E-state index contributed by atoms with van der Waals surface area (Å²) in [6, 6.07) is 17.5. The third-order valence-corrected chi connectivity index (χ3v) is 6.19. The molecule has 156 valence electrons. The van der Waals surface area contributed by atoms with Gasteiger partial charge in [0.25, 0.3) is 5.91 Å². The van der Waals surface area contributed by atoms with Crippen LogP contribution in [0.1, 0.15) is 28.9 Å². The van der Waals surface area contributed by atoms with Crippen molar-refractivity contribution in [3.63, 3.8) is 0 Å². The molecule has 31 heavy (non-hydrogen) atoms. The van der Waals surface area contributed by atoms with Crippen LogP contribution < -0.4 is 10.6 Å². The molecule has 1 saturated carbocycles. The minimum Gasteiger partial charge on any atom is -0.353 e. The van der Waals surface area contributed by atoms with Gasteiger partial charge < -0.3 is 20.5 Å². The van der Waals surface area contributed by atoms with E-state index in [0.717, 1.165) is 34.9 Å². The van der Waals surface area contributed by atoms with Crippen LogP contribution in [-0.2, 0) is 4.79 Å². The van der Waals surface area contributed by atoms with Crippen molar-refractivity contribution >= 4 is 22.7 Å². The number of nitrogens with zero attached hydrogens (tertiary/aromatic N) is 2. The summed E-state index contributed by atoms with van der Waals surface area (Å²) in [6.07, 6.45) is 1.72. The molecule has 2 amide bonds. The highest BCUT2D eigenvalue weighted by atomic mass is 16.2. The number of carbonyl (C=O) groups is 2. The first-order valence-corrected chi connectivity index (χ1v) is 10.5. The molecule has 1 aliphatic carbocycles. The molecular weight excluding hydrogens is 390 g/mol. The fourth-order valence-corrected chi connectivity index (χ4v) is 4.19. The maximum atomic E-state index is 13.0. The summed E-state index contributed by atoms with van der Waals surface area (Å²) in [5.41, 5.74) is 3.72. The Balaban J connectivity index is 1.31. The van der Waals surface area contributed by atoms with Gasteiger partial charge in [0, 0.05) is 42.6 Å². The van der Waals surface area contributed by atoms with Gasteiger partial charge in [-0.2, -0.15) is 5.26 Å². The number of benzene rings is 2. The van der Waals surface area contributed by atoms with Gasteiger partial charge in [-0.3, -0.25) is 9.59 Å². The number of aromatic amines is 1. The smallest absolute Gasteiger partial charge is 0.253 e. The molecule has 0 unspecified atom stereocenters. The summed E-state index contributed by atoms with van der Waals surface area (Å²) in [7, 11) is 0. The first kappa shape index (κ1) is 19.3. The third kappa shape index (κ3) is 3.66. The Morgan fingerprint density at radius 1 is 1.00 bits per heavy atom. The highest BCUT2D eigenvalue weighted by molar-refractivity contribution is 5.95. The number of hydrogen-bond donors (Lipinski definition) is 3. The maximum Gasteiger partial charge on any atom is 0.253 e. The Morgan fingerprint density at radius 2 is 1.74 bits per heavy atom. The van der Waals surface area contributed by atoms with Crippen LogP contribution in [-0.4, -0.2) is 53.4 Å². The minimum absolute atomic E-state index is 0.0332. The molecule has 1 aromatic heterocycles. The second-order valence-electron chi connectivity index (χ2n) is 8.23. The van der Waals surface area contributed by atoms with Crippen molar-refractivity contribution in [2.45, 2.75) is 18.4 Å². The van der Waals surface area contributed by atoms with E-state index in [1.54, 1.807) is 4.90 Å². The molecule has 0 bridgehead atoms. The summed E-state index contributed by atoms with van der Waals surface area (Å²) in [4.78, 5) is 30.1. The van der Waals surface area contributed by atoms with Crippen molar-refractivity contribution in [3.8, 4) is 17.2 Å². The van der Waals surface area contributed by atoms with E-state index in [0.29, 0.717) is 37.4 Å². The maximum absolute atomic E-state index is 13.0. The molecule has 0 atom stereocenters. The molecule has 3 aromatic rings. The SMILES string of the molecule is N#Cc1cc2cc(-c3ccc(C(=O)N4CCNC(=O)C5(CC5)NCC4)cc3)ccc2[nH]1. The first-order valence-electron chi connectivity index (χ1n) is 10.5. The van der Waals surface area contributed by atoms with Crippen molar-refractivity contribution in [3.05, 3.63) is 59.8 Å². The second kappa shape index (κ2) is 7.56. The highest BCUT2D eigenvalue weighted by Gasteiger charge is 2.49. The fourth-order valence-electron chi connectivity index (χ4n) is 4.19. The first-order chi connectivity index (χ1) is 15.1. The number of rotatable bonds is 2. The number of amides is 2. The largest absolute Gasteiger partial charge is 0.353 e. The van der Waals surface area contributed by atoms with Gasteiger partial charge in [-0.05, 0) is 54.3 Å². The van der Waals surface area contributed by atoms with Gasteiger partial charge in [0.1, 0.15) is 11.8 Å². The Bertz CT molecular complexity index is 1200. The Morgan fingerprint density at radius 3 is 2.48 bits per heavy atom. The zero-order valence-corrected chi connectivity index (χ0v) is 17.1. The van der Waals surface area contributed by atoms with E-state index in [1.807, 2.05) is 48.5 Å². The lowest BCUT2D eigenvalue weighted by atomic mass is 10.0. The van der Waals surface area contributed by atoms with E-state index in [9.17, 15) is 9.59 Å². The van der Waals surface area contributed by atoms with E-state index in [2.05, 4.69) is 21.7 Å². The molecule has 2 fully saturated rings. The lowest BCUT2D eigenvalue weighted by Crippen LogP contribution is -2.46. The van der Waals surface area contributed by atoms with Crippen LogP contribution in [0.2, 0.25) is 0 Å². The molecule has 1 aliphatic heterocycles. The van der Waals surface area contributed by atoms with Crippen molar-refractivity contribution in [2.75, 3.05) is 26.2 Å². The zero-order valence-electron chi connectivity index (χ0n) is 17.1. The molecule has 1 saturated heterocycles. The Hall–Kier alpha value is -3.63. The molecule has 2 aliphatic rings. The molecular formula is C24H23N5O2. The average molecular weight is 413 g/mol. The fraction of sp³-hybridized carbons (Fsp3) is 0.292. The van der Waals surface area contributed by atoms with Crippen LogP contribution in [0, 0.1) is 11.3 Å². The normalized spacial score (nSPS) is 18.0. The second-order valence-corrected chi connectivity index (χ2v) is 8.23. The van der Waals surface area contributed by atoms with Gasteiger partial charge >= 0.3 is 0 Å². The van der Waals surface area contributed by atoms with Gasteiger partial charge in [0.15, 0.2) is 0 Å². The monoisotopic (exact) mass is 413 g/mol. The summed E-state index contributed by atoms with van der Waals surface area (Å²) in [5.74, 6) is 0.0153. The predicted molar refractivity (Wildman–Crippen MR) is 117 cm³/mol. The molecule has 3 N–H and O–H groups in total. The van der Waals surface area contributed by atoms with Gasteiger partial charge in [0.2, 0.25) is 5.91 Å². The van der Waals surface area contributed by atoms with Crippen molar-refractivity contribution < 1.29 is 9.59 Å². The van der Waals surface area contributed by atoms with Crippen LogP contribution in [0.3, 0.4) is 0 Å². The van der Waals surface area contributed by atoms with Crippen molar-refractivity contribution in [2.24, 2.45) is 0 Å². The van der Waals surface area contributed by atoms with E-state index in [-0.39, 0.29) is 11.8 Å². The topological polar surface area (TPSA) is 101 Å². The number of H-pyrrole nitrogens is 1. The van der Waals surface area contributed by atoms with Crippen LogP contribution in [0.15, 0.2) is 48.5 Å². The number of aromatic nitrogens is 1. The lowest BCUT2D eigenvalue weighted by Gasteiger charge is -2.22. The Kier molecular flexibility index (Phi) is 4.72. The predicted octanol–water partition coefficient (Wildman–Crippen LogP) is 2.40. The molecule has 2 heterocycles. The lowest BCUT2D eigenvalue weighted by molar-refractivity contribution is -0.124. The van der Waals surface area contributed by atoms with E-state index >= 15 is 0 Å². The average Bonchev–Trinajstić information content (AvgIpc) is 3.45. The summed E-state index contributed by atoms with van der Waals surface area (Å²) in [5, 5.41) is 16.3. The van der Waals surface area contributed by atoms with Crippen LogP contribution >= 0.6 is 0 Å². The van der Waals surface area contributed by atoms with E-state index in [4.69, 9.17) is 5.26 Å². The van der Waals surface area contributed by atoms with Crippen molar-refractivity contribution in [1.29, 1.82) is 5.26 Å². The molecule has 7 nitrogen and oxygen atoms in total. The highest BCUT2D eigenvalue weighted by Crippen LogP contribution is 2.35. The molecule has 2 aromatic carbocycles. The molecule has 1 spiro atoms. The summed E-state index contributed by atoms with van der Waals surface area (Å²) < 4.78 is 0. The van der Waals surface area contributed by atoms with E-state index < -0.39 is 5.54 Å². The summed E-state index contributed by atoms with van der Waals surface area (Å²) in [6.45, 7) is 2.14. The summed E-state index contributed by atoms with van der Waals surface area (Å²) >= 11 is 0. The number of fused-ring (bicyclic) bond motifs is 1. The van der Waals surface area contributed by atoms with Gasteiger partial charge in [-0.1, -0.05) is 18.2 Å². The zero-order chi connectivity index (χ0) is 21.4. The number of carbonyl (C=O) groups excluding carboxylic acids is 2. The van der Waals surface area contributed by atoms with Crippen LogP contribution in [0.5, 0.6) is 0 Å². The molecule has 5 rings (SSSR count). The van der Waals surface area contributed by atoms with Gasteiger partial charge in [0.05, 0.1) is 5.54 Å². The van der Waals surface area contributed by atoms with E-state index in [1.165, 1.54) is 0 Å². The standard InChI is InChI=1S/C24H23N5O2/c25-15-20-14-19-13-18(5-6-21(19)28-20)16-1-3-17(4-2-16)22(30)29-11-9-26-23(31)24(7-8-24)27-10-12-29/h1-6,13-14,27-28H,7-12H2,(H,26,31). The number of hydrogen-bond acceptors (Lipinski definition) is 4. The minimum atomic E-state index is -0.407. The number of nitriles is 1. The van der Waals surface area contributed by atoms with Gasteiger partial charge in [-0.25, -0.2) is 0 Å². The van der Waals surface area contributed by atoms with Gasteiger partial charge in [-0.15, -0.1) is 0 Å². The third-order valence-electron chi connectivity index (χ3n) is 6.19. The van der Waals surface area contributed by atoms with Crippen molar-refractivity contribution in [1.82, 2.24) is 20.5 Å². The molecule has 7 heteroatoms. The molecule has 0 radical (unpaired) electrons.